The predicted molar refractivity (Wildman–Crippen MR) is 79.8 cm³/mol. The Bertz CT molecular complexity index is 354. The highest BCUT2D eigenvalue weighted by atomic mass is 16.5. The van der Waals surface area contributed by atoms with Gasteiger partial charge in [-0.05, 0) is 45.2 Å². The van der Waals surface area contributed by atoms with E-state index in [1.54, 1.807) is 7.11 Å². The summed E-state index contributed by atoms with van der Waals surface area (Å²) in [6.45, 7) is 8.09. The fraction of sp³-hybridized carbons (Fsp3) is 0.625. The van der Waals surface area contributed by atoms with Gasteiger partial charge in [0.2, 0.25) is 0 Å². The Hall–Kier alpha value is -1.06. The molecule has 0 heterocycles. The summed E-state index contributed by atoms with van der Waals surface area (Å²) in [7, 11) is 1.73. The molecule has 0 radical (unpaired) electrons. The van der Waals surface area contributed by atoms with Crippen LogP contribution in [0.5, 0.6) is 5.75 Å². The first-order chi connectivity index (χ1) is 9.13. The second-order valence-electron chi connectivity index (χ2n) is 5.12. The first-order valence-corrected chi connectivity index (χ1v) is 7.08. The first-order valence-electron chi connectivity index (χ1n) is 7.08. The molecule has 1 aromatic rings. The van der Waals surface area contributed by atoms with Gasteiger partial charge in [-0.25, -0.2) is 0 Å². The van der Waals surface area contributed by atoms with E-state index in [4.69, 9.17) is 9.47 Å². The molecule has 3 heteroatoms. The number of benzene rings is 1. The standard InChI is InChI=1S/C16H27NO2/c1-13-7-5-6-8-16(13)19-15(3)10-9-14(2)17-11-12-18-4/h5-8,14-15,17H,9-12H2,1-4H3/t14-,15-/m0/s1. The third-order valence-corrected chi connectivity index (χ3v) is 3.23. The average Bonchev–Trinajstić information content (AvgIpc) is 2.39. The molecule has 0 aliphatic carbocycles. The summed E-state index contributed by atoms with van der Waals surface area (Å²) in [6.07, 6.45) is 2.40. The minimum Gasteiger partial charge on any atom is -0.490 e. The average molecular weight is 265 g/mol. The highest BCUT2D eigenvalue weighted by Crippen LogP contribution is 2.19. The summed E-state index contributed by atoms with van der Waals surface area (Å²) < 4.78 is 11.0. The molecule has 0 bridgehead atoms. The summed E-state index contributed by atoms with van der Waals surface area (Å²) in [5.74, 6) is 0.995. The summed E-state index contributed by atoms with van der Waals surface area (Å²) in [5, 5.41) is 3.43. The van der Waals surface area contributed by atoms with Crippen molar-refractivity contribution in [1.29, 1.82) is 0 Å². The Labute approximate surface area is 117 Å². The van der Waals surface area contributed by atoms with Crippen molar-refractivity contribution < 1.29 is 9.47 Å². The second kappa shape index (κ2) is 8.94. The maximum Gasteiger partial charge on any atom is 0.122 e. The number of hydrogen-bond acceptors (Lipinski definition) is 3. The molecule has 2 atom stereocenters. The van der Waals surface area contributed by atoms with E-state index in [-0.39, 0.29) is 6.10 Å². The van der Waals surface area contributed by atoms with E-state index in [0.29, 0.717) is 6.04 Å². The van der Waals surface area contributed by atoms with Crippen molar-refractivity contribution in [1.82, 2.24) is 5.32 Å². The van der Waals surface area contributed by atoms with Crippen molar-refractivity contribution in [2.45, 2.75) is 45.8 Å². The van der Waals surface area contributed by atoms with Crippen molar-refractivity contribution in [3.8, 4) is 5.75 Å². The Morgan fingerprint density at radius 3 is 2.58 bits per heavy atom. The van der Waals surface area contributed by atoms with Crippen LogP contribution in [0.2, 0.25) is 0 Å². The molecule has 1 N–H and O–H groups in total. The number of rotatable bonds is 9. The third kappa shape index (κ3) is 6.60. The number of hydrogen-bond donors (Lipinski definition) is 1. The van der Waals surface area contributed by atoms with Crippen LogP contribution in [-0.2, 0) is 4.74 Å². The van der Waals surface area contributed by atoms with Crippen LogP contribution in [0.1, 0.15) is 32.3 Å². The molecule has 0 amide bonds. The van der Waals surface area contributed by atoms with Crippen LogP contribution < -0.4 is 10.1 Å². The molecule has 0 aromatic heterocycles. The molecule has 0 saturated heterocycles. The van der Waals surface area contributed by atoms with E-state index in [1.807, 2.05) is 18.2 Å². The van der Waals surface area contributed by atoms with Gasteiger partial charge in [-0.3, -0.25) is 0 Å². The van der Waals surface area contributed by atoms with Gasteiger partial charge in [0, 0.05) is 19.7 Å². The van der Waals surface area contributed by atoms with E-state index in [9.17, 15) is 0 Å². The molecule has 0 aliphatic heterocycles. The van der Waals surface area contributed by atoms with Crippen molar-refractivity contribution in [3.63, 3.8) is 0 Å². The van der Waals surface area contributed by atoms with Gasteiger partial charge in [0.05, 0.1) is 12.7 Å². The van der Waals surface area contributed by atoms with E-state index < -0.39 is 0 Å². The Morgan fingerprint density at radius 1 is 1.16 bits per heavy atom. The first kappa shape index (κ1) is 16.0. The molecule has 1 rings (SSSR count). The minimum absolute atomic E-state index is 0.243. The van der Waals surface area contributed by atoms with Gasteiger partial charge < -0.3 is 14.8 Å². The van der Waals surface area contributed by atoms with E-state index in [2.05, 4.69) is 32.2 Å². The molecular formula is C16H27NO2. The van der Waals surface area contributed by atoms with Gasteiger partial charge in [-0.1, -0.05) is 18.2 Å². The zero-order chi connectivity index (χ0) is 14.1. The minimum atomic E-state index is 0.243. The topological polar surface area (TPSA) is 30.5 Å². The van der Waals surface area contributed by atoms with Crippen molar-refractivity contribution in [3.05, 3.63) is 29.8 Å². The Balaban J connectivity index is 2.24. The van der Waals surface area contributed by atoms with Gasteiger partial charge >= 0.3 is 0 Å². The normalized spacial score (nSPS) is 14.1. The van der Waals surface area contributed by atoms with Crippen molar-refractivity contribution in [2.24, 2.45) is 0 Å². The predicted octanol–water partition coefficient (Wildman–Crippen LogP) is 3.17. The van der Waals surface area contributed by atoms with Crippen LogP contribution in [0.4, 0.5) is 0 Å². The smallest absolute Gasteiger partial charge is 0.122 e. The second-order valence-corrected chi connectivity index (χ2v) is 5.12. The van der Waals surface area contributed by atoms with Gasteiger partial charge in [-0.15, -0.1) is 0 Å². The monoisotopic (exact) mass is 265 g/mol. The highest BCUT2D eigenvalue weighted by molar-refractivity contribution is 5.31. The van der Waals surface area contributed by atoms with Crippen molar-refractivity contribution in [2.75, 3.05) is 20.3 Å². The number of nitrogens with one attached hydrogen (secondary N) is 1. The molecule has 0 fully saturated rings. The number of methoxy groups -OCH3 is 1. The van der Waals surface area contributed by atoms with E-state index in [1.165, 1.54) is 5.56 Å². The fourth-order valence-electron chi connectivity index (χ4n) is 1.96. The van der Waals surface area contributed by atoms with Gasteiger partial charge in [0.25, 0.3) is 0 Å². The van der Waals surface area contributed by atoms with Crippen LogP contribution in [0, 0.1) is 6.92 Å². The maximum absolute atomic E-state index is 5.97. The lowest BCUT2D eigenvalue weighted by atomic mass is 10.1. The number of ether oxygens (including phenoxy) is 2. The lowest BCUT2D eigenvalue weighted by Gasteiger charge is -2.19. The molecule has 19 heavy (non-hydrogen) atoms. The molecule has 1 aromatic carbocycles. The van der Waals surface area contributed by atoms with E-state index >= 15 is 0 Å². The maximum atomic E-state index is 5.97. The summed E-state index contributed by atoms with van der Waals surface area (Å²) in [4.78, 5) is 0. The third-order valence-electron chi connectivity index (χ3n) is 3.23. The van der Waals surface area contributed by atoms with Crippen LogP contribution in [-0.4, -0.2) is 32.4 Å². The Morgan fingerprint density at radius 2 is 1.89 bits per heavy atom. The van der Waals surface area contributed by atoms with Crippen LogP contribution >= 0.6 is 0 Å². The molecular weight excluding hydrogens is 238 g/mol. The fourth-order valence-corrected chi connectivity index (χ4v) is 1.96. The quantitative estimate of drug-likeness (QED) is 0.696. The van der Waals surface area contributed by atoms with Crippen LogP contribution in [0.15, 0.2) is 24.3 Å². The zero-order valence-electron chi connectivity index (χ0n) is 12.6. The molecule has 108 valence electrons. The van der Waals surface area contributed by atoms with Gasteiger partial charge in [-0.2, -0.15) is 0 Å². The molecule has 0 unspecified atom stereocenters. The van der Waals surface area contributed by atoms with Crippen molar-refractivity contribution >= 4 is 0 Å². The zero-order valence-corrected chi connectivity index (χ0v) is 12.6. The van der Waals surface area contributed by atoms with Gasteiger partial charge in [0.1, 0.15) is 5.75 Å². The summed E-state index contributed by atoms with van der Waals surface area (Å²) in [5.41, 5.74) is 1.20. The van der Waals surface area contributed by atoms with E-state index in [0.717, 1.165) is 31.7 Å². The lowest BCUT2D eigenvalue weighted by Crippen LogP contribution is -2.30. The summed E-state index contributed by atoms with van der Waals surface area (Å²) >= 11 is 0. The molecule has 0 saturated carbocycles. The van der Waals surface area contributed by atoms with Crippen LogP contribution in [0.25, 0.3) is 0 Å². The largest absolute Gasteiger partial charge is 0.490 e. The molecule has 0 aliphatic rings. The number of aryl methyl sites for hydroxylation is 1. The Kier molecular flexibility index (Phi) is 7.53. The molecule has 0 spiro atoms. The SMILES string of the molecule is COCCN[C@@H](C)CC[C@H](C)Oc1ccccc1C. The molecule has 3 nitrogen and oxygen atoms in total. The van der Waals surface area contributed by atoms with Crippen LogP contribution in [0.3, 0.4) is 0 Å². The number of para-hydroxylation sites is 1. The highest BCUT2D eigenvalue weighted by Gasteiger charge is 2.08. The summed E-state index contributed by atoms with van der Waals surface area (Å²) in [6, 6.07) is 8.67. The lowest BCUT2D eigenvalue weighted by molar-refractivity contribution is 0.187. The van der Waals surface area contributed by atoms with Gasteiger partial charge in [0.15, 0.2) is 0 Å².